The SMILES string of the molecule is CC(Nc1ncc([N+](=O)[O-])s1)c1ccncc1F. The predicted octanol–water partition coefficient (Wildman–Crippen LogP) is 2.76. The van der Waals surface area contributed by atoms with E-state index < -0.39 is 10.7 Å². The van der Waals surface area contributed by atoms with Crippen LogP contribution in [0, 0.1) is 15.9 Å². The van der Waals surface area contributed by atoms with Gasteiger partial charge >= 0.3 is 5.00 Å². The van der Waals surface area contributed by atoms with Crippen molar-refractivity contribution < 1.29 is 9.31 Å². The first-order valence-electron chi connectivity index (χ1n) is 5.04. The number of hydrogen-bond donors (Lipinski definition) is 1. The molecule has 0 amide bonds. The molecule has 0 radical (unpaired) electrons. The van der Waals surface area contributed by atoms with Crippen LogP contribution in [0.1, 0.15) is 18.5 Å². The molecule has 0 saturated carbocycles. The standard InChI is InChI=1S/C10H9FN4O2S/c1-6(7-2-3-12-4-8(7)11)14-10-13-5-9(18-10)15(16)17/h2-6H,1H3,(H,13,14). The molecule has 1 N–H and O–H groups in total. The van der Waals surface area contributed by atoms with Crippen LogP contribution in [-0.4, -0.2) is 14.9 Å². The molecule has 8 heteroatoms. The van der Waals surface area contributed by atoms with Crippen LogP contribution in [0.4, 0.5) is 14.5 Å². The second-order valence-corrected chi connectivity index (χ2v) is 4.53. The van der Waals surface area contributed by atoms with Crippen molar-refractivity contribution in [3.05, 3.63) is 46.2 Å². The highest BCUT2D eigenvalue weighted by molar-refractivity contribution is 7.18. The van der Waals surface area contributed by atoms with Gasteiger partial charge in [-0.2, -0.15) is 0 Å². The Labute approximate surface area is 106 Å². The number of hydrogen-bond acceptors (Lipinski definition) is 6. The Morgan fingerprint density at radius 1 is 1.56 bits per heavy atom. The Morgan fingerprint density at radius 2 is 2.33 bits per heavy atom. The molecule has 0 aromatic carbocycles. The van der Waals surface area contributed by atoms with Crippen LogP contribution in [0.5, 0.6) is 0 Å². The number of rotatable bonds is 4. The van der Waals surface area contributed by atoms with Gasteiger partial charge < -0.3 is 5.32 Å². The number of halogens is 1. The molecule has 94 valence electrons. The molecule has 0 bridgehead atoms. The van der Waals surface area contributed by atoms with E-state index in [1.807, 2.05) is 0 Å². The third kappa shape index (κ3) is 2.59. The maximum Gasteiger partial charge on any atom is 0.345 e. The lowest BCUT2D eigenvalue weighted by molar-refractivity contribution is -0.380. The average Bonchev–Trinajstić information content (AvgIpc) is 2.78. The summed E-state index contributed by atoms with van der Waals surface area (Å²) < 4.78 is 13.4. The van der Waals surface area contributed by atoms with Crippen LogP contribution in [-0.2, 0) is 0 Å². The summed E-state index contributed by atoms with van der Waals surface area (Å²) in [6, 6.07) is 1.20. The molecule has 2 aromatic rings. The number of anilines is 1. The van der Waals surface area contributed by atoms with E-state index >= 15 is 0 Å². The van der Waals surface area contributed by atoms with Crippen molar-refractivity contribution in [3.63, 3.8) is 0 Å². The monoisotopic (exact) mass is 268 g/mol. The number of nitro groups is 1. The number of aromatic nitrogens is 2. The lowest BCUT2D eigenvalue weighted by atomic mass is 10.1. The zero-order valence-corrected chi connectivity index (χ0v) is 10.1. The first-order chi connectivity index (χ1) is 8.58. The Hall–Kier alpha value is -2.09. The summed E-state index contributed by atoms with van der Waals surface area (Å²) in [6.45, 7) is 1.74. The molecule has 2 rings (SSSR count). The fourth-order valence-electron chi connectivity index (χ4n) is 1.42. The van der Waals surface area contributed by atoms with E-state index in [-0.39, 0.29) is 11.0 Å². The fourth-order valence-corrected chi connectivity index (χ4v) is 2.14. The highest BCUT2D eigenvalue weighted by Gasteiger charge is 2.15. The quantitative estimate of drug-likeness (QED) is 0.681. The molecule has 18 heavy (non-hydrogen) atoms. The summed E-state index contributed by atoms with van der Waals surface area (Å²) in [5.74, 6) is -0.427. The van der Waals surface area contributed by atoms with Crippen molar-refractivity contribution in [2.24, 2.45) is 0 Å². The van der Waals surface area contributed by atoms with Gasteiger partial charge in [0.05, 0.1) is 17.2 Å². The molecule has 1 unspecified atom stereocenters. The van der Waals surface area contributed by atoms with Crippen LogP contribution in [0.2, 0.25) is 0 Å². The third-order valence-electron chi connectivity index (χ3n) is 2.28. The molecule has 2 aromatic heterocycles. The Bertz CT molecular complexity index is 575. The number of thiazole rings is 1. The van der Waals surface area contributed by atoms with Crippen LogP contribution in [0.15, 0.2) is 24.7 Å². The van der Waals surface area contributed by atoms with E-state index in [4.69, 9.17) is 0 Å². The summed E-state index contributed by atoms with van der Waals surface area (Å²) in [4.78, 5) is 17.5. The van der Waals surface area contributed by atoms with Crippen LogP contribution in [0.3, 0.4) is 0 Å². The van der Waals surface area contributed by atoms with Gasteiger partial charge in [-0.05, 0) is 24.3 Å². The highest BCUT2D eigenvalue weighted by Crippen LogP contribution is 2.28. The smallest absolute Gasteiger partial charge is 0.345 e. The topological polar surface area (TPSA) is 81.0 Å². The third-order valence-corrected chi connectivity index (χ3v) is 3.16. The molecule has 0 aliphatic rings. The number of nitrogens with zero attached hydrogens (tertiary/aromatic N) is 3. The second-order valence-electron chi connectivity index (χ2n) is 3.52. The van der Waals surface area contributed by atoms with Gasteiger partial charge in [0.15, 0.2) is 5.13 Å². The van der Waals surface area contributed by atoms with Crippen LogP contribution < -0.4 is 5.32 Å². The Balaban J connectivity index is 2.13. The van der Waals surface area contributed by atoms with Gasteiger partial charge in [0.25, 0.3) is 0 Å². The Morgan fingerprint density at radius 3 is 2.94 bits per heavy atom. The van der Waals surface area contributed by atoms with E-state index in [2.05, 4.69) is 15.3 Å². The summed E-state index contributed by atoms with van der Waals surface area (Å²) in [5.41, 5.74) is 0.433. The molecule has 0 aliphatic carbocycles. The maximum atomic E-state index is 13.4. The first kappa shape index (κ1) is 12.4. The molecule has 0 aliphatic heterocycles. The van der Waals surface area contributed by atoms with Crippen molar-refractivity contribution in [2.75, 3.05) is 5.32 Å². The maximum absolute atomic E-state index is 13.4. The van der Waals surface area contributed by atoms with Crippen molar-refractivity contribution in [1.82, 2.24) is 9.97 Å². The minimum Gasteiger partial charge on any atom is -0.355 e. The Kier molecular flexibility index (Phi) is 3.47. The number of nitrogens with one attached hydrogen (secondary N) is 1. The highest BCUT2D eigenvalue weighted by atomic mass is 32.1. The van der Waals surface area contributed by atoms with Crippen molar-refractivity contribution in [1.29, 1.82) is 0 Å². The molecule has 1 atom stereocenters. The van der Waals surface area contributed by atoms with Gasteiger partial charge in [0, 0.05) is 11.8 Å². The lowest BCUT2D eigenvalue weighted by Gasteiger charge is -2.13. The summed E-state index contributed by atoms with van der Waals surface area (Å²) in [5, 5.41) is 13.7. The largest absolute Gasteiger partial charge is 0.355 e. The summed E-state index contributed by atoms with van der Waals surface area (Å²) in [6.07, 6.45) is 3.78. The van der Waals surface area contributed by atoms with Crippen molar-refractivity contribution in [2.45, 2.75) is 13.0 Å². The predicted molar refractivity (Wildman–Crippen MR) is 65.0 cm³/mol. The van der Waals surface area contributed by atoms with E-state index in [1.54, 1.807) is 13.0 Å². The van der Waals surface area contributed by atoms with Gasteiger partial charge in [-0.25, -0.2) is 9.37 Å². The van der Waals surface area contributed by atoms with E-state index in [0.29, 0.717) is 10.7 Å². The molecule has 2 heterocycles. The molecule has 0 saturated heterocycles. The molecular weight excluding hydrogens is 259 g/mol. The normalized spacial score (nSPS) is 12.1. The zero-order valence-electron chi connectivity index (χ0n) is 9.33. The zero-order chi connectivity index (χ0) is 13.1. The van der Waals surface area contributed by atoms with Gasteiger partial charge in [-0.1, -0.05) is 0 Å². The summed E-state index contributed by atoms with van der Waals surface area (Å²) >= 11 is 0.910. The van der Waals surface area contributed by atoms with Crippen LogP contribution in [0.25, 0.3) is 0 Å². The van der Waals surface area contributed by atoms with E-state index in [9.17, 15) is 14.5 Å². The summed E-state index contributed by atoms with van der Waals surface area (Å²) in [7, 11) is 0. The minimum absolute atomic E-state index is 0.0556. The van der Waals surface area contributed by atoms with Gasteiger partial charge in [0.2, 0.25) is 0 Å². The molecule has 0 spiro atoms. The number of pyridine rings is 1. The molecule has 6 nitrogen and oxygen atoms in total. The van der Waals surface area contributed by atoms with Gasteiger partial charge in [-0.15, -0.1) is 0 Å². The average molecular weight is 268 g/mol. The van der Waals surface area contributed by atoms with Crippen molar-refractivity contribution >= 4 is 21.5 Å². The molecular formula is C10H9FN4O2S. The van der Waals surface area contributed by atoms with Crippen LogP contribution >= 0.6 is 11.3 Å². The van der Waals surface area contributed by atoms with Gasteiger partial charge in [0.1, 0.15) is 12.0 Å². The van der Waals surface area contributed by atoms with Crippen molar-refractivity contribution in [3.8, 4) is 0 Å². The molecule has 0 fully saturated rings. The van der Waals surface area contributed by atoms with E-state index in [1.165, 1.54) is 12.4 Å². The lowest BCUT2D eigenvalue weighted by Crippen LogP contribution is -2.08. The second kappa shape index (κ2) is 5.05. The van der Waals surface area contributed by atoms with Gasteiger partial charge in [-0.3, -0.25) is 15.1 Å². The first-order valence-corrected chi connectivity index (χ1v) is 5.85. The fraction of sp³-hybridized carbons (Fsp3) is 0.200. The van der Waals surface area contributed by atoms with E-state index in [0.717, 1.165) is 17.5 Å². The minimum atomic E-state index is -0.513.